The zero-order valence-corrected chi connectivity index (χ0v) is 11.2. The van der Waals surface area contributed by atoms with Gasteiger partial charge in [0.25, 0.3) is 0 Å². The summed E-state index contributed by atoms with van der Waals surface area (Å²) < 4.78 is 24.9. The van der Waals surface area contributed by atoms with E-state index in [-0.39, 0.29) is 11.9 Å². The largest absolute Gasteiger partial charge is 0.490 e. The van der Waals surface area contributed by atoms with E-state index in [4.69, 9.17) is 9.47 Å². The lowest BCUT2D eigenvalue weighted by molar-refractivity contribution is -0.0404. The van der Waals surface area contributed by atoms with Crippen LogP contribution in [0.2, 0.25) is 0 Å². The first-order valence-electron chi connectivity index (χ1n) is 5.53. The number of ether oxygens (including phenoxy) is 2. The van der Waals surface area contributed by atoms with E-state index in [1.165, 1.54) is 12.1 Å². The standard InChI is InChI=1S/C12H15BrFNO2/c1-15-4-5-16-10(7-15)8-17-12-6-9(14)2-3-11(12)13/h2-3,6,10H,4-5,7-8H2,1H3. The molecular weight excluding hydrogens is 289 g/mol. The van der Waals surface area contributed by atoms with Crippen LogP contribution in [0.3, 0.4) is 0 Å². The van der Waals surface area contributed by atoms with E-state index in [1.54, 1.807) is 6.07 Å². The number of nitrogens with zero attached hydrogens (tertiary/aromatic N) is 1. The molecule has 1 saturated heterocycles. The van der Waals surface area contributed by atoms with Gasteiger partial charge in [-0.05, 0) is 35.1 Å². The molecule has 1 aromatic carbocycles. The molecule has 1 aliphatic rings. The smallest absolute Gasteiger partial charge is 0.136 e. The van der Waals surface area contributed by atoms with Gasteiger partial charge < -0.3 is 14.4 Å². The Bertz CT molecular complexity index is 389. The van der Waals surface area contributed by atoms with Gasteiger partial charge >= 0.3 is 0 Å². The van der Waals surface area contributed by atoms with Gasteiger partial charge in [-0.2, -0.15) is 0 Å². The molecule has 1 heterocycles. The van der Waals surface area contributed by atoms with Crippen LogP contribution in [0.1, 0.15) is 0 Å². The maximum absolute atomic E-state index is 13.0. The summed E-state index contributed by atoms with van der Waals surface area (Å²) in [6, 6.07) is 4.40. The average Bonchev–Trinajstić information content (AvgIpc) is 2.30. The Hall–Kier alpha value is -0.650. The molecule has 0 aliphatic carbocycles. The quantitative estimate of drug-likeness (QED) is 0.855. The minimum Gasteiger partial charge on any atom is -0.490 e. The van der Waals surface area contributed by atoms with Gasteiger partial charge in [-0.25, -0.2) is 4.39 Å². The number of morpholine rings is 1. The predicted molar refractivity (Wildman–Crippen MR) is 66.8 cm³/mol. The predicted octanol–water partition coefficient (Wildman–Crippen LogP) is 2.30. The molecule has 2 rings (SSSR count). The summed E-state index contributed by atoms with van der Waals surface area (Å²) in [7, 11) is 2.05. The molecule has 0 N–H and O–H groups in total. The zero-order valence-electron chi connectivity index (χ0n) is 9.66. The van der Waals surface area contributed by atoms with Crippen molar-refractivity contribution in [2.45, 2.75) is 6.10 Å². The van der Waals surface area contributed by atoms with E-state index in [1.807, 2.05) is 7.05 Å². The van der Waals surface area contributed by atoms with Crippen LogP contribution in [0.15, 0.2) is 22.7 Å². The first-order valence-corrected chi connectivity index (χ1v) is 6.32. The van der Waals surface area contributed by atoms with Crippen LogP contribution >= 0.6 is 15.9 Å². The Morgan fingerprint density at radius 3 is 3.18 bits per heavy atom. The lowest BCUT2D eigenvalue weighted by atomic mass is 10.3. The van der Waals surface area contributed by atoms with Crippen molar-refractivity contribution in [1.29, 1.82) is 0 Å². The van der Waals surface area contributed by atoms with Gasteiger partial charge in [0, 0.05) is 19.2 Å². The van der Waals surface area contributed by atoms with Crippen LogP contribution < -0.4 is 4.74 Å². The first-order chi connectivity index (χ1) is 8.15. The Labute approximate surface area is 109 Å². The number of hydrogen-bond acceptors (Lipinski definition) is 3. The Kier molecular flexibility index (Phi) is 4.36. The maximum Gasteiger partial charge on any atom is 0.136 e. The number of rotatable bonds is 3. The molecule has 0 amide bonds. The minimum absolute atomic E-state index is 0.0453. The van der Waals surface area contributed by atoms with Crippen LogP contribution in [-0.2, 0) is 4.74 Å². The molecule has 1 fully saturated rings. The van der Waals surface area contributed by atoms with Crippen molar-refractivity contribution in [2.24, 2.45) is 0 Å². The third kappa shape index (κ3) is 3.66. The summed E-state index contributed by atoms with van der Waals surface area (Å²) >= 11 is 3.32. The van der Waals surface area contributed by atoms with Crippen molar-refractivity contribution < 1.29 is 13.9 Å². The first kappa shape index (κ1) is 12.8. The highest BCUT2D eigenvalue weighted by Gasteiger charge is 2.18. The maximum atomic E-state index is 13.0. The fraction of sp³-hybridized carbons (Fsp3) is 0.500. The highest BCUT2D eigenvalue weighted by molar-refractivity contribution is 9.10. The Balaban J connectivity index is 1.90. The molecule has 0 aromatic heterocycles. The molecule has 5 heteroatoms. The van der Waals surface area contributed by atoms with Gasteiger partial charge in [0.2, 0.25) is 0 Å². The topological polar surface area (TPSA) is 21.7 Å². The summed E-state index contributed by atoms with van der Waals surface area (Å²) in [6.45, 7) is 2.94. The zero-order chi connectivity index (χ0) is 12.3. The molecule has 3 nitrogen and oxygen atoms in total. The van der Waals surface area contributed by atoms with E-state index < -0.39 is 0 Å². The van der Waals surface area contributed by atoms with Gasteiger partial charge in [0.05, 0.1) is 11.1 Å². The summed E-state index contributed by atoms with van der Waals surface area (Å²) in [5, 5.41) is 0. The fourth-order valence-corrected chi connectivity index (χ4v) is 2.10. The van der Waals surface area contributed by atoms with Gasteiger partial charge in [0.1, 0.15) is 24.3 Å². The summed E-state index contributed by atoms with van der Waals surface area (Å²) in [5.74, 6) is 0.215. The van der Waals surface area contributed by atoms with Gasteiger partial charge in [-0.3, -0.25) is 0 Å². The number of hydrogen-bond donors (Lipinski definition) is 0. The summed E-state index contributed by atoms with van der Waals surface area (Å²) in [4.78, 5) is 2.19. The number of likely N-dealkylation sites (N-methyl/N-ethyl adjacent to an activating group) is 1. The van der Waals surface area contributed by atoms with Crippen molar-refractivity contribution in [3.05, 3.63) is 28.5 Å². The van der Waals surface area contributed by atoms with Crippen LogP contribution in [0.25, 0.3) is 0 Å². The highest BCUT2D eigenvalue weighted by atomic mass is 79.9. The van der Waals surface area contributed by atoms with E-state index in [0.717, 1.165) is 24.2 Å². The lowest BCUT2D eigenvalue weighted by Crippen LogP contribution is -2.42. The van der Waals surface area contributed by atoms with Crippen LogP contribution in [0.4, 0.5) is 4.39 Å². The molecular formula is C12H15BrFNO2. The molecule has 17 heavy (non-hydrogen) atoms. The third-order valence-electron chi connectivity index (χ3n) is 2.66. The van der Waals surface area contributed by atoms with E-state index in [0.29, 0.717) is 12.4 Å². The monoisotopic (exact) mass is 303 g/mol. The Morgan fingerprint density at radius 1 is 1.59 bits per heavy atom. The van der Waals surface area contributed by atoms with E-state index in [9.17, 15) is 4.39 Å². The second kappa shape index (κ2) is 5.80. The molecule has 1 aromatic rings. The molecule has 0 bridgehead atoms. The van der Waals surface area contributed by atoms with Crippen LogP contribution in [0, 0.1) is 5.82 Å². The normalized spacial score (nSPS) is 21.5. The second-order valence-corrected chi connectivity index (χ2v) is 5.00. The number of halogens is 2. The van der Waals surface area contributed by atoms with Gasteiger partial charge in [-0.1, -0.05) is 0 Å². The van der Waals surface area contributed by atoms with Crippen molar-refractivity contribution in [2.75, 3.05) is 33.4 Å². The van der Waals surface area contributed by atoms with Gasteiger partial charge in [-0.15, -0.1) is 0 Å². The van der Waals surface area contributed by atoms with E-state index >= 15 is 0 Å². The Morgan fingerprint density at radius 2 is 2.41 bits per heavy atom. The third-order valence-corrected chi connectivity index (χ3v) is 3.31. The molecule has 0 saturated carbocycles. The van der Waals surface area contributed by atoms with Crippen molar-refractivity contribution in [3.63, 3.8) is 0 Å². The van der Waals surface area contributed by atoms with Crippen LogP contribution in [0.5, 0.6) is 5.75 Å². The summed E-state index contributed by atoms with van der Waals surface area (Å²) in [6.07, 6.45) is 0.0453. The second-order valence-electron chi connectivity index (χ2n) is 4.14. The molecule has 1 aliphatic heterocycles. The lowest BCUT2D eigenvalue weighted by Gasteiger charge is -2.29. The average molecular weight is 304 g/mol. The number of benzene rings is 1. The van der Waals surface area contributed by atoms with Crippen LogP contribution in [-0.4, -0.2) is 44.4 Å². The van der Waals surface area contributed by atoms with Crippen molar-refractivity contribution in [3.8, 4) is 5.75 Å². The molecule has 1 atom stereocenters. The molecule has 94 valence electrons. The van der Waals surface area contributed by atoms with Gasteiger partial charge in [0.15, 0.2) is 0 Å². The van der Waals surface area contributed by atoms with Crippen molar-refractivity contribution in [1.82, 2.24) is 4.90 Å². The minimum atomic E-state index is -0.301. The van der Waals surface area contributed by atoms with E-state index in [2.05, 4.69) is 20.8 Å². The fourth-order valence-electron chi connectivity index (χ4n) is 1.74. The highest BCUT2D eigenvalue weighted by Crippen LogP contribution is 2.25. The SMILES string of the molecule is CN1CCOC(COc2cc(F)ccc2Br)C1. The molecule has 0 spiro atoms. The molecule has 0 radical (unpaired) electrons. The van der Waals surface area contributed by atoms with Crippen molar-refractivity contribution >= 4 is 15.9 Å². The molecule has 1 unspecified atom stereocenters. The summed E-state index contributed by atoms with van der Waals surface area (Å²) in [5.41, 5.74) is 0.